The molecule has 0 radical (unpaired) electrons. The molecule has 2 atom stereocenters. The van der Waals surface area contributed by atoms with Gasteiger partial charge in [0.25, 0.3) is 0 Å². The summed E-state index contributed by atoms with van der Waals surface area (Å²) >= 11 is 0. The Labute approximate surface area is 136 Å². The average molecular weight is 304 g/mol. The van der Waals surface area contributed by atoms with E-state index in [-0.39, 0.29) is 12.2 Å². The van der Waals surface area contributed by atoms with Crippen molar-refractivity contribution in [2.75, 3.05) is 0 Å². The van der Waals surface area contributed by atoms with E-state index in [9.17, 15) is 9.90 Å². The van der Waals surface area contributed by atoms with Crippen LogP contribution in [0.5, 0.6) is 0 Å². The number of hydrogen-bond acceptors (Lipinski definition) is 2. The Bertz CT molecular complexity index is 464. The first-order valence-electron chi connectivity index (χ1n) is 8.47. The van der Waals surface area contributed by atoms with Crippen molar-refractivity contribution in [2.24, 2.45) is 11.8 Å². The molecule has 0 saturated carbocycles. The Balaban J connectivity index is 2.99. The molecule has 0 amide bonds. The smallest absolute Gasteiger partial charge is 0.158 e. The highest BCUT2D eigenvalue weighted by Gasteiger charge is 2.21. The quantitative estimate of drug-likeness (QED) is 0.693. The van der Waals surface area contributed by atoms with E-state index in [1.165, 1.54) is 5.57 Å². The van der Waals surface area contributed by atoms with E-state index in [1.54, 1.807) is 13.0 Å². The first kappa shape index (κ1) is 18.9. The second-order valence-corrected chi connectivity index (χ2v) is 7.39. The zero-order chi connectivity index (χ0) is 16.8. The van der Waals surface area contributed by atoms with Crippen LogP contribution in [0, 0.1) is 11.8 Å². The molecule has 1 rings (SSSR count). The van der Waals surface area contributed by atoms with Gasteiger partial charge in [-0.1, -0.05) is 43.2 Å². The summed E-state index contributed by atoms with van der Waals surface area (Å²) in [5, 5.41) is 10.4. The summed E-state index contributed by atoms with van der Waals surface area (Å²) in [5.74, 6) is 0.974. The van der Waals surface area contributed by atoms with Crippen molar-refractivity contribution in [2.45, 2.75) is 72.3 Å². The molecule has 0 bridgehead atoms. The molecule has 0 aromatic rings. The summed E-state index contributed by atoms with van der Waals surface area (Å²) in [4.78, 5) is 12.1. The van der Waals surface area contributed by atoms with E-state index in [1.807, 2.05) is 13.0 Å². The molecular weight excluding hydrogens is 272 g/mol. The molecule has 0 aliphatic heterocycles. The maximum absolute atomic E-state index is 12.1. The van der Waals surface area contributed by atoms with Crippen LogP contribution in [-0.2, 0) is 4.79 Å². The lowest BCUT2D eigenvalue weighted by Gasteiger charge is -2.22. The zero-order valence-electron chi connectivity index (χ0n) is 14.9. The van der Waals surface area contributed by atoms with Crippen LogP contribution in [0.3, 0.4) is 0 Å². The standard InChI is InChI=1S/C20H32O2/c1-15(2)18-10-9-16(3)7-6-8-17(4)13-19(21)14-20(5,22)12-11-18/h7,11-13,15,18,22H,6,8-10,14H2,1-5H3/b12-11+,16-7-,17-13-/t18?,20-/m0/s1. The van der Waals surface area contributed by atoms with Gasteiger partial charge in [0.05, 0.1) is 5.60 Å². The number of ketones is 1. The fourth-order valence-corrected chi connectivity index (χ4v) is 2.84. The van der Waals surface area contributed by atoms with Crippen LogP contribution in [0.4, 0.5) is 0 Å². The number of allylic oxidation sites excluding steroid dienone is 5. The van der Waals surface area contributed by atoms with Gasteiger partial charge in [-0.05, 0) is 64.4 Å². The van der Waals surface area contributed by atoms with Crippen molar-refractivity contribution in [3.63, 3.8) is 0 Å². The van der Waals surface area contributed by atoms with E-state index in [2.05, 4.69) is 32.9 Å². The lowest BCUT2D eigenvalue weighted by atomic mass is 9.86. The van der Waals surface area contributed by atoms with Crippen LogP contribution in [0.2, 0.25) is 0 Å². The predicted molar refractivity (Wildman–Crippen MR) is 93.7 cm³/mol. The van der Waals surface area contributed by atoms with Gasteiger partial charge in [0, 0.05) is 6.42 Å². The van der Waals surface area contributed by atoms with Gasteiger partial charge in [0.2, 0.25) is 0 Å². The van der Waals surface area contributed by atoms with Crippen molar-refractivity contribution in [3.8, 4) is 0 Å². The molecule has 0 fully saturated rings. The van der Waals surface area contributed by atoms with Crippen LogP contribution in [0.1, 0.15) is 66.7 Å². The Hall–Kier alpha value is -1.15. The van der Waals surface area contributed by atoms with Gasteiger partial charge in [0.1, 0.15) is 0 Å². The van der Waals surface area contributed by atoms with E-state index >= 15 is 0 Å². The van der Waals surface area contributed by atoms with E-state index < -0.39 is 5.60 Å². The number of carbonyl (C=O) groups excluding carboxylic acids is 1. The first-order chi connectivity index (χ1) is 10.2. The highest BCUT2D eigenvalue weighted by atomic mass is 16.3. The molecule has 1 aliphatic carbocycles. The molecule has 2 heteroatoms. The molecule has 2 nitrogen and oxygen atoms in total. The minimum atomic E-state index is -1.06. The maximum atomic E-state index is 12.1. The Morgan fingerprint density at radius 2 is 1.91 bits per heavy atom. The third-order valence-corrected chi connectivity index (χ3v) is 4.40. The third-order valence-electron chi connectivity index (χ3n) is 4.40. The summed E-state index contributed by atoms with van der Waals surface area (Å²) in [7, 11) is 0. The largest absolute Gasteiger partial charge is 0.386 e. The lowest BCUT2D eigenvalue weighted by Crippen LogP contribution is -2.25. The Kier molecular flexibility index (Phi) is 7.28. The van der Waals surface area contributed by atoms with Gasteiger partial charge < -0.3 is 5.11 Å². The van der Waals surface area contributed by atoms with Gasteiger partial charge in [-0.2, -0.15) is 0 Å². The molecule has 1 N–H and O–H groups in total. The molecule has 1 aliphatic rings. The second-order valence-electron chi connectivity index (χ2n) is 7.39. The van der Waals surface area contributed by atoms with Crippen LogP contribution in [0.15, 0.2) is 35.5 Å². The minimum absolute atomic E-state index is 0.00556. The van der Waals surface area contributed by atoms with Crippen LogP contribution in [-0.4, -0.2) is 16.5 Å². The lowest BCUT2D eigenvalue weighted by molar-refractivity contribution is -0.117. The molecule has 124 valence electrons. The van der Waals surface area contributed by atoms with Crippen LogP contribution < -0.4 is 0 Å². The van der Waals surface area contributed by atoms with Crippen molar-refractivity contribution in [1.29, 1.82) is 0 Å². The zero-order valence-corrected chi connectivity index (χ0v) is 14.9. The monoisotopic (exact) mass is 304 g/mol. The van der Waals surface area contributed by atoms with Crippen LogP contribution >= 0.6 is 0 Å². The van der Waals surface area contributed by atoms with Gasteiger partial charge >= 0.3 is 0 Å². The summed E-state index contributed by atoms with van der Waals surface area (Å²) in [6, 6.07) is 0. The number of hydrogen-bond donors (Lipinski definition) is 1. The van der Waals surface area contributed by atoms with Crippen molar-refractivity contribution in [1.82, 2.24) is 0 Å². The van der Waals surface area contributed by atoms with Gasteiger partial charge in [-0.25, -0.2) is 0 Å². The third kappa shape index (κ3) is 7.22. The normalized spacial score (nSPS) is 35.2. The SMILES string of the molecule is C/C1=C/C(=O)C[C@@](C)(O)/C=C/C(C(C)C)CC/C(C)=C\CC1. The fourth-order valence-electron chi connectivity index (χ4n) is 2.84. The number of carbonyl (C=O) groups is 1. The number of aliphatic hydroxyl groups is 1. The Morgan fingerprint density at radius 3 is 2.55 bits per heavy atom. The summed E-state index contributed by atoms with van der Waals surface area (Å²) < 4.78 is 0. The molecule has 0 spiro atoms. The molecular formula is C20H32O2. The summed E-state index contributed by atoms with van der Waals surface area (Å²) in [6.45, 7) is 10.3. The van der Waals surface area contributed by atoms with Gasteiger partial charge in [-0.3, -0.25) is 4.79 Å². The topological polar surface area (TPSA) is 37.3 Å². The van der Waals surface area contributed by atoms with Crippen molar-refractivity contribution < 1.29 is 9.90 Å². The fraction of sp³-hybridized carbons (Fsp3) is 0.650. The maximum Gasteiger partial charge on any atom is 0.158 e. The molecule has 0 aromatic heterocycles. The highest BCUT2D eigenvalue weighted by Crippen LogP contribution is 2.24. The van der Waals surface area contributed by atoms with E-state index in [4.69, 9.17) is 0 Å². The molecule has 0 aromatic carbocycles. The number of rotatable bonds is 1. The molecule has 22 heavy (non-hydrogen) atoms. The van der Waals surface area contributed by atoms with Crippen molar-refractivity contribution in [3.05, 3.63) is 35.5 Å². The predicted octanol–water partition coefficient (Wildman–Crippen LogP) is 4.99. The first-order valence-corrected chi connectivity index (χ1v) is 8.47. The molecule has 0 saturated heterocycles. The molecule has 1 unspecified atom stereocenters. The van der Waals surface area contributed by atoms with Gasteiger partial charge in [0.15, 0.2) is 5.78 Å². The summed E-state index contributed by atoms with van der Waals surface area (Å²) in [5.41, 5.74) is 1.45. The van der Waals surface area contributed by atoms with E-state index in [0.29, 0.717) is 11.8 Å². The summed E-state index contributed by atoms with van der Waals surface area (Å²) in [6.07, 6.45) is 12.2. The van der Waals surface area contributed by atoms with E-state index in [0.717, 1.165) is 31.3 Å². The molecule has 0 heterocycles. The minimum Gasteiger partial charge on any atom is -0.386 e. The van der Waals surface area contributed by atoms with Gasteiger partial charge in [-0.15, -0.1) is 0 Å². The Morgan fingerprint density at radius 1 is 1.23 bits per heavy atom. The van der Waals surface area contributed by atoms with Crippen molar-refractivity contribution >= 4 is 5.78 Å². The van der Waals surface area contributed by atoms with Crippen LogP contribution in [0.25, 0.3) is 0 Å². The average Bonchev–Trinajstić information content (AvgIpc) is 2.36. The highest BCUT2D eigenvalue weighted by molar-refractivity contribution is 5.91. The second kappa shape index (κ2) is 8.47.